The van der Waals surface area contributed by atoms with Gasteiger partial charge in [0.25, 0.3) is 0 Å². The van der Waals surface area contributed by atoms with Crippen LogP contribution in [0.4, 0.5) is 5.69 Å². The quantitative estimate of drug-likeness (QED) is 0.667. The molecule has 1 aliphatic carbocycles. The van der Waals surface area contributed by atoms with E-state index in [1.54, 1.807) is 0 Å². The van der Waals surface area contributed by atoms with Gasteiger partial charge in [-0.3, -0.25) is 0 Å². The Kier molecular flexibility index (Phi) is 6.81. The van der Waals surface area contributed by atoms with Crippen LogP contribution in [0.1, 0.15) is 31.7 Å². The van der Waals surface area contributed by atoms with Gasteiger partial charge in [-0.05, 0) is 49.4 Å². The monoisotopic (exact) mass is 310 g/mol. The topological polar surface area (TPSA) is 24.5 Å². The molecule has 0 unspecified atom stereocenters. The standard InChI is InChI=1S/C17H27ClN2O/c1-3-8-19-12-15-6-7-16(18)11-17(15)20(2)9-10-21-13-14-4-5-14/h6-7,11,14,19H,3-5,8-10,12-13H2,1-2H3. The summed E-state index contributed by atoms with van der Waals surface area (Å²) in [5, 5.41) is 4.24. The van der Waals surface area contributed by atoms with Gasteiger partial charge < -0.3 is 15.0 Å². The van der Waals surface area contributed by atoms with Gasteiger partial charge in [-0.2, -0.15) is 0 Å². The fourth-order valence-electron chi connectivity index (χ4n) is 2.30. The average Bonchev–Trinajstić information content (AvgIpc) is 3.29. The largest absolute Gasteiger partial charge is 0.379 e. The normalized spacial score (nSPS) is 14.4. The highest BCUT2D eigenvalue weighted by Crippen LogP contribution is 2.29. The summed E-state index contributed by atoms with van der Waals surface area (Å²) in [7, 11) is 2.11. The number of rotatable bonds is 10. The minimum atomic E-state index is 0.779. The third-order valence-electron chi connectivity index (χ3n) is 3.82. The van der Waals surface area contributed by atoms with Gasteiger partial charge >= 0.3 is 0 Å². The Balaban J connectivity index is 1.86. The highest BCUT2D eigenvalue weighted by Gasteiger charge is 2.21. The van der Waals surface area contributed by atoms with Crippen LogP contribution < -0.4 is 10.2 Å². The van der Waals surface area contributed by atoms with Crippen molar-refractivity contribution >= 4 is 17.3 Å². The van der Waals surface area contributed by atoms with Gasteiger partial charge in [0.05, 0.1) is 6.61 Å². The SMILES string of the molecule is CCCNCc1ccc(Cl)cc1N(C)CCOCC1CC1. The lowest BCUT2D eigenvalue weighted by molar-refractivity contribution is 0.131. The van der Waals surface area contributed by atoms with Crippen molar-refractivity contribution in [3.8, 4) is 0 Å². The smallest absolute Gasteiger partial charge is 0.0641 e. The molecular weight excluding hydrogens is 284 g/mol. The summed E-state index contributed by atoms with van der Waals surface area (Å²) in [6, 6.07) is 6.12. The number of halogens is 1. The Hall–Kier alpha value is -0.770. The van der Waals surface area contributed by atoms with Crippen molar-refractivity contribution in [3.63, 3.8) is 0 Å². The Morgan fingerprint density at radius 3 is 2.90 bits per heavy atom. The number of nitrogens with one attached hydrogen (secondary N) is 1. The van der Waals surface area contributed by atoms with Gasteiger partial charge in [0.2, 0.25) is 0 Å². The molecule has 118 valence electrons. The van der Waals surface area contributed by atoms with Crippen molar-refractivity contribution in [2.45, 2.75) is 32.7 Å². The Labute approximate surface area is 133 Å². The number of ether oxygens (including phenoxy) is 1. The molecule has 1 fully saturated rings. The Bertz CT molecular complexity index is 435. The van der Waals surface area contributed by atoms with Crippen LogP contribution in [0.25, 0.3) is 0 Å². The van der Waals surface area contributed by atoms with E-state index in [-0.39, 0.29) is 0 Å². The summed E-state index contributed by atoms with van der Waals surface area (Å²) in [5.74, 6) is 0.829. The second-order valence-electron chi connectivity index (χ2n) is 5.89. The van der Waals surface area contributed by atoms with E-state index in [2.05, 4.69) is 30.3 Å². The van der Waals surface area contributed by atoms with E-state index < -0.39 is 0 Å². The molecule has 21 heavy (non-hydrogen) atoms. The van der Waals surface area contributed by atoms with Crippen LogP contribution in [-0.4, -0.2) is 33.4 Å². The number of hydrogen-bond donors (Lipinski definition) is 1. The van der Waals surface area contributed by atoms with Crippen molar-refractivity contribution < 1.29 is 4.74 Å². The molecule has 3 nitrogen and oxygen atoms in total. The summed E-state index contributed by atoms with van der Waals surface area (Å²) < 4.78 is 5.73. The Morgan fingerprint density at radius 1 is 1.38 bits per heavy atom. The lowest BCUT2D eigenvalue weighted by Crippen LogP contribution is -2.25. The number of likely N-dealkylation sites (N-methyl/N-ethyl adjacent to an activating group) is 1. The van der Waals surface area contributed by atoms with Crippen LogP contribution in [0.15, 0.2) is 18.2 Å². The van der Waals surface area contributed by atoms with Crippen LogP contribution in [0.5, 0.6) is 0 Å². The van der Waals surface area contributed by atoms with Crippen LogP contribution >= 0.6 is 11.6 Å². The number of anilines is 1. The van der Waals surface area contributed by atoms with Crippen molar-refractivity contribution in [2.75, 3.05) is 38.3 Å². The lowest BCUT2D eigenvalue weighted by atomic mass is 10.1. The van der Waals surface area contributed by atoms with Gasteiger partial charge in [0.1, 0.15) is 0 Å². The third kappa shape index (κ3) is 5.85. The van der Waals surface area contributed by atoms with E-state index in [0.29, 0.717) is 0 Å². The molecule has 0 aliphatic heterocycles. The highest BCUT2D eigenvalue weighted by molar-refractivity contribution is 6.30. The van der Waals surface area contributed by atoms with Crippen LogP contribution in [0, 0.1) is 5.92 Å². The predicted octanol–water partition coefficient (Wildman–Crippen LogP) is 3.70. The number of hydrogen-bond acceptors (Lipinski definition) is 3. The highest BCUT2D eigenvalue weighted by atomic mass is 35.5. The maximum Gasteiger partial charge on any atom is 0.0641 e. The minimum absolute atomic E-state index is 0.779. The molecule has 0 saturated heterocycles. The van der Waals surface area contributed by atoms with Crippen LogP contribution in [0.2, 0.25) is 5.02 Å². The first-order chi connectivity index (χ1) is 10.2. The first-order valence-corrected chi connectivity index (χ1v) is 8.36. The third-order valence-corrected chi connectivity index (χ3v) is 4.06. The predicted molar refractivity (Wildman–Crippen MR) is 90.3 cm³/mol. The number of benzene rings is 1. The van der Waals surface area contributed by atoms with Crippen LogP contribution in [0.3, 0.4) is 0 Å². The second-order valence-corrected chi connectivity index (χ2v) is 6.33. The molecule has 0 atom stereocenters. The van der Waals surface area contributed by atoms with Crippen molar-refractivity contribution in [1.82, 2.24) is 5.32 Å². The van der Waals surface area contributed by atoms with E-state index in [9.17, 15) is 0 Å². The van der Waals surface area contributed by atoms with Gasteiger partial charge in [-0.25, -0.2) is 0 Å². The summed E-state index contributed by atoms with van der Waals surface area (Å²) in [4.78, 5) is 2.24. The molecule has 2 rings (SSSR count). The molecule has 0 aromatic heterocycles. The molecule has 0 heterocycles. The minimum Gasteiger partial charge on any atom is -0.379 e. The maximum atomic E-state index is 6.16. The van der Waals surface area contributed by atoms with Crippen molar-refractivity contribution in [2.24, 2.45) is 5.92 Å². The maximum absolute atomic E-state index is 6.16. The average molecular weight is 311 g/mol. The van der Waals surface area contributed by atoms with Gasteiger partial charge in [0, 0.05) is 37.5 Å². The summed E-state index contributed by atoms with van der Waals surface area (Å²) >= 11 is 6.16. The molecule has 4 heteroatoms. The second kappa shape index (κ2) is 8.62. The summed E-state index contributed by atoms with van der Waals surface area (Å²) in [6.45, 7) is 6.70. The fraction of sp³-hybridized carbons (Fsp3) is 0.647. The molecule has 1 aromatic rings. The molecular formula is C17H27ClN2O. The van der Waals surface area contributed by atoms with Gasteiger partial charge in [-0.15, -0.1) is 0 Å². The zero-order chi connectivity index (χ0) is 15.1. The molecule has 1 aliphatic rings. The van der Waals surface area contributed by atoms with Crippen molar-refractivity contribution in [3.05, 3.63) is 28.8 Å². The molecule has 1 saturated carbocycles. The van der Waals surface area contributed by atoms with E-state index in [1.807, 2.05) is 12.1 Å². The zero-order valence-corrected chi connectivity index (χ0v) is 14.0. The molecule has 1 N–H and O–H groups in total. The molecule has 0 bridgehead atoms. The van der Waals surface area contributed by atoms with Gasteiger partial charge in [-0.1, -0.05) is 24.6 Å². The summed E-state index contributed by atoms with van der Waals surface area (Å²) in [5.41, 5.74) is 2.48. The van der Waals surface area contributed by atoms with Gasteiger partial charge in [0.15, 0.2) is 0 Å². The first kappa shape index (κ1) is 16.6. The first-order valence-electron chi connectivity index (χ1n) is 7.98. The zero-order valence-electron chi connectivity index (χ0n) is 13.2. The number of nitrogens with zero attached hydrogens (tertiary/aromatic N) is 1. The van der Waals surface area contributed by atoms with Crippen molar-refractivity contribution in [1.29, 1.82) is 0 Å². The molecule has 0 spiro atoms. The lowest BCUT2D eigenvalue weighted by Gasteiger charge is -2.23. The molecule has 1 aromatic carbocycles. The van der Waals surface area contributed by atoms with E-state index in [1.165, 1.54) is 24.1 Å². The Morgan fingerprint density at radius 2 is 2.19 bits per heavy atom. The fourth-order valence-corrected chi connectivity index (χ4v) is 2.46. The van der Waals surface area contributed by atoms with Crippen LogP contribution in [-0.2, 0) is 11.3 Å². The van der Waals surface area contributed by atoms with E-state index in [4.69, 9.17) is 16.3 Å². The molecule has 0 amide bonds. The summed E-state index contributed by atoms with van der Waals surface area (Å²) in [6.07, 6.45) is 3.84. The van der Waals surface area contributed by atoms with E-state index >= 15 is 0 Å². The molecule has 0 radical (unpaired) electrons. The van der Waals surface area contributed by atoms with E-state index in [0.717, 1.165) is 50.2 Å².